The Bertz CT molecular complexity index is 662. The summed E-state index contributed by atoms with van der Waals surface area (Å²) >= 11 is 0. The number of aliphatic carboxylic acids is 1. The van der Waals surface area contributed by atoms with Crippen molar-refractivity contribution >= 4 is 5.97 Å². The zero-order valence-corrected chi connectivity index (χ0v) is 13.0. The lowest BCUT2D eigenvalue weighted by atomic mass is 10.1. The Morgan fingerprint density at radius 2 is 2.04 bits per heavy atom. The van der Waals surface area contributed by atoms with Crippen LogP contribution in [0.25, 0.3) is 11.5 Å². The molecule has 3 heterocycles. The van der Waals surface area contributed by atoms with Crippen molar-refractivity contribution in [2.45, 2.75) is 12.6 Å². The number of nitrogens with zero attached hydrogens (tertiary/aromatic N) is 5. The molecule has 1 aliphatic rings. The van der Waals surface area contributed by atoms with Crippen LogP contribution in [0.5, 0.6) is 0 Å². The number of carboxylic acid groups (broad SMARTS) is 1. The van der Waals surface area contributed by atoms with Gasteiger partial charge in [-0.25, -0.2) is 9.97 Å². The van der Waals surface area contributed by atoms with Gasteiger partial charge in [0, 0.05) is 50.3 Å². The Hall–Kier alpha value is -2.38. The highest BCUT2D eigenvalue weighted by Crippen LogP contribution is 2.14. The maximum absolute atomic E-state index is 11.3. The smallest absolute Gasteiger partial charge is 0.322 e. The molecule has 1 atom stereocenters. The summed E-state index contributed by atoms with van der Waals surface area (Å²) in [7, 11) is 1.85. The minimum Gasteiger partial charge on any atom is -0.480 e. The minimum absolute atomic E-state index is 0.461. The predicted molar refractivity (Wildman–Crippen MR) is 84.6 cm³/mol. The van der Waals surface area contributed by atoms with E-state index in [1.807, 2.05) is 30.1 Å². The van der Waals surface area contributed by atoms with Crippen LogP contribution in [0.2, 0.25) is 0 Å². The molecule has 2 aromatic heterocycles. The molecule has 1 aliphatic heterocycles. The Balaban J connectivity index is 1.66. The number of carbonyl (C=O) groups is 1. The van der Waals surface area contributed by atoms with Crippen molar-refractivity contribution in [2.24, 2.45) is 0 Å². The van der Waals surface area contributed by atoms with Crippen LogP contribution >= 0.6 is 0 Å². The second-order valence-electron chi connectivity index (χ2n) is 5.70. The third-order valence-corrected chi connectivity index (χ3v) is 4.02. The maximum atomic E-state index is 11.3. The molecule has 120 valence electrons. The number of hydrogen-bond acceptors (Lipinski definition) is 6. The number of hydrogen-bond donors (Lipinski definition) is 1. The molecule has 0 saturated carbocycles. The van der Waals surface area contributed by atoms with Crippen LogP contribution in [-0.4, -0.2) is 68.6 Å². The zero-order chi connectivity index (χ0) is 16.2. The molecule has 0 radical (unpaired) electrons. The fourth-order valence-electron chi connectivity index (χ4n) is 2.66. The Morgan fingerprint density at radius 1 is 1.26 bits per heavy atom. The highest BCUT2D eigenvalue weighted by atomic mass is 16.4. The minimum atomic E-state index is -0.779. The van der Waals surface area contributed by atoms with E-state index >= 15 is 0 Å². The van der Waals surface area contributed by atoms with E-state index in [0.29, 0.717) is 18.9 Å². The summed E-state index contributed by atoms with van der Waals surface area (Å²) in [6.07, 6.45) is 5.28. The SMILES string of the molecule is CN1CCN(Cc2cnc(-c3ccccn3)nc2)C[C@@H]1C(=O)O. The summed E-state index contributed by atoms with van der Waals surface area (Å²) < 4.78 is 0. The summed E-state index contributed by atoms with van der Waals surface area (Å²) in [6.45, 7) is 2.74. The summed E-state index contributed by atoms with van der Waals surface area (Å²) in [4.78, 5) is 28.2. The number of rotatable bonds is 4. The molecule has 1 fully saturated rings. The number of aromatic nitrogens is 3. The topological polar surface area (TPSA) is 82.5 Å². The van der Waals surface area contributed by atoms with Gasteiger partial charge in [-0.2, -0.15) is 0 Å². The third kappa shape index (κ3) is 3.69. The van der Waals surface area contributed by atoms with Crippen LogP contribution in [0.4, 0.5) is 0 Å². The molecular weight excluding hydrogens is 294 g/mol. The number of piperazine rings is 1. The fraction of sp³-hybridized carbons (Fsp3) is 0.375. The highest BCUT2D eigenvalue weighted by molar-refractivity contribution is 5.73. The summed E-state index contributed by atoms with van der Waals surface area (Å²) in [6, 6.07) is 5.16. The van der Waals surface area contributed by atoms with Gasteiger partial charge in [0.1, 0.15) is 11.7 Å². The van der Waals surface area contributed by atoms with Crippen molar-refractivity contribution in [1.82, 2.24) is 24.8 Å². The third-order valence-electron chi connectivity index (χ3n) is 4.02. The van der Waals surface area contributed by atoms with Crippen LogP contribution < -0.4 is 0 Å². The van der Waals surface area contributed by atoms with Crippen molar-refractivity contribution in [3.05, 3.63) is 42.4 Å². The van der Waals surface area contributed by atoms with Gasteiger partial charge in [-0.3, -0.25) is 19.6 Å². The van der Waals surface area contributed by atoms with Crippen molar-refractivity contribution in [1.29, 1.82) is 0 Å². The van der Waals surface area contributed by atoms with Gasteiger partial charge in [-0.05, 0) is 19.2 Å². The molecule has 7 nitrogen and oxygen atoms in total. The molecule has 2 aromatic rings. The standard InChI is InChI=1S/C16H19N5O2/c1-20-6-7-21(11-14(20)16(22)23)10-12-8-18-15(19-9-12)13-4-2-3-5-17-13/h2-5,8-9,14H,6-7,10-11H2,1H3,(H,22,23)/t14-/m1/s1. The van der Waals surface area contributed by atoms with Gasteiger partial charge in [-0.1, -0.05) is 6.07 Å². The quantitative estimate of drug-likeness (QED) is 0.891. The van der Waals surface area contributed by atoms with E-state index in [1.165, 1.54) is 0 Å². The van der Waals surface area contributed by atoms with E-state index in [9.17, 15) is 9.90 Å². The molecule has 0 aromatic carbocycles. The first-order chi connectivity index (χ1) is 11.1. The van der Waals surface area contributed by atoms with Crippen molar-refractivity contribution in [3.8, 4) is 11.5 Å². The van der Waals surface area contributed by atoms with Crippen LogP contribution in [-0.2, 0) is 11.3 Å². The second-order valence-corrected chi connectivity index (χ2v) is 5.70. The van der Waals surface area contributed by atoms with E-state index in [4.69, 9.17) is 0 Å². The predicted octanol–water partition coefficient (Wildman–Crippen LogP) is 0.739. The average molecular weight is 313 g/mol. The lowest BCUT2D eigenvalue weighted by Gasteiger charge is -2.37. The summed E-state index contributed by atoms with van der Waals surface area (Å²) in [5.41, 5.74) is 1.71. The summed E-state index contributed by atoms with van der Waals surface area (Å²) in [5, 5.41) is 9.26. The number of pyridine rings is 1. The van der Waals surface area contributed by atoms with E-state index < -0.39 is 12.0 Å². The molecule has 0 amide bonds. The van der Waals surface area contributed by atoms with E-state index in [1.54, 1.807) is 18.6 Å². The highest BCUT2D eigenvalue weighted by Gasteiger charge is 2.29. The van der Waals surface area contributed by atoms with Crippen molar-refractivity contribution in [3.63, 3.8) is 0 Å². The van der Waals surface area contributed by atoms with Gasteiger partial charge >= 0.3 is 5.97 Å². The Morgan fingerprint density at radius 3 is 2.70 bits per heavy atom. The molecule has 3 rings (SSSR count). The van der Waals surface area contributed by atoms with Gasteiger partial charge < -0.3 is 5.11 Å². The lowest BCUT2D eigenvalue weighted by Crippen LogP contribution is -2.54. The molecule has 23 heavy (non-hydrogen) atoms. The summed E-state index contributed by atoms with van der Waals surface area (Å²) in [5.74, 6) is -0.185. The van der Waals surface area contributed by atoms with Crippen LogP contribution in [0.1, 0.15) is 5.56 Å². The fourth-order valence-corrected chi connectivity index (χ4v) is 2.66. The average Bonchev–Trinajstić information content (AvgIpc) is 2.58. The van der Waals surface area contributed by atoms with E-state index in [2.05, 4.69) is 19.9 Å². The van der Waals surface area contributed by atoms with Gasteiger partial charge in [0.15, 0.2) is 5.82 Å². The maximum Gasteiger partial charge on any atom is 0.322 e. The molecule has 0 unspecified atom stereocenters. The lowest BCUT2D eigenvalue weighted by molar-refractivity contribution is -0.145. The van der Waals surface area contributed by atoms with Gasteiger partial charge in [0.2, 0.25) is 0 Å². The van der Waals surface area contributed by atoms with Crippen molar-refractivity contribution in [2.75, 3.05) is 26.7 Å². The van der Waals surface area contributed by atoms with Gasteiger partial charge in [0.25, 0.3) is 0 Å². The molecule has 0 bridgehead atoms. The second kappa shape index (κ2) is 6.80. The molecule has 0 aliphatic carbocycles. The van der Waals surface area contributed by atoms with Crippen LogP contribution in [0.15, 0.2) is 36.8 Å². The van der Waals surface area contributed by atoms with Gasteiger partial charge in [0.05, 0.1) is 0 Å². The van der Waals surface area contributed by atoms with Crippen LogP contribution in [0.3, 0.4) is 0 Å². The zero-order valence-electron chi connectivity index (χ0n) is 13.0. The molecule has 0 spiro atoms. The normalized spacial score (nSPS) is 19.6. The van der Waals surface area contributed by atoms with E-state index in [-0.39, 0.29) is 0 Å². The first kappa shape index (κ1) is 15.5. The first-order valence-electron chi connectivity index (χ1n) is 7.51. The Labute approximate surface area is 134 Å². The first-order valence-corrected chi connectivity index (χ1v) is 7.51. The molecule has 1 N–H and O–H groups in total. The number of likely N-dealkylation sites (N-methyl/N-ethyl adjacent to an activating group) is 1. The van der Waals surface area contributed by atoms with Gasteiger partial charge in [-0.15, -0.1) is 0 Å². The largest absolute Gasteiger partial charge is 0.480 e. The molecule has 1 saturated heterocycles. The number of carboxylic acids is 1. The van der Waals surface area contributed by atoms with E-state index in [0.717, 1.165) is 24.3 Å². The molecule has 7 heteroatoms. The Kier molecular flexibility index (Phi) is 4.59. The van der Waals surface area contributed by atoms with Crippen molar-refractivity contribution < 1.29 is 9.90 Å². The molecular formula is C16H19N5O2. The monoisotopic (exact) mass is 313 g/mol. The van der Waals surface area contributed by atoms with Crippen LogP contribution in [0, 0.1) is 0 Å².